The average Bonchev–Trinajstić information content (AvgIpc) is 2.70. The van der Waals surface area contributed by atoms with Crippen LogP contribution in [0.5, 0.6) is 0 Å². The molecule has 5 nitrogen and oxygen atoms in total. The molecule has 0 fully saturated rings. The van der Waals surface area contributed by atoms with Gasteiger partial charge >= 0.3 is 0 Å². The Morgan fingerprint density at radius 2 is 2.11 bits per heavy atom. The molecule has 0 radical (unpaired) electrons. The first-order valence-electron chi connectivity index (χ1n) is 5.90. The van der Waals surface area contributed by atoms with Gasteiger partial charge in [-0.05, 0) is 12.8 Å². The highest BCUT2D eigenvalue weighted by molar-refractivity contribution is 7.89. The summed E-state index contributed by atoms with van der Waals surface area (Å²) in [5.41, 5.74) is 0.909. The number of aromatic nitrogens is 2. The third-order valence-electron chi connectivity index (χ3n) is 3.02. The van der Waals surface area contributed by atoms with E-state index in [1.807, 2.05) is 13.8 Å². The van der Waals surface area contributed by atoms with Crippen LogP contribution in [0.4, 0.5) is 0 Å². The Bertz CT molecular complexity index is 498. The Balaban J connectivity index is 3.09. The third-order valence-corrected chi connectivity index (χ3v) is 5.30. The molecule has 0 spiro atoms. The molecule has 104 valence electrons. The largest absolute Gasteiger partial charge is 0.281 e. The molecule has 1 unspecified atom stereocenters. The SMILES string of the molecule is CCC(C)CN(C)S(=O)(=O)c1c(CCl)n[nH]c1C. The fourth-order valence-corrected chi connectivity index (χ4v) is 3.61. The number of H-pyrrole nitrogens is 1. The van der Waals surface area contributed by atoms with Crippen molar-refractivity contribution < 1.29 is 8.42 Å². The average molecular weight is 294 g/mol. The van der Waals surface area contributed by atoms with Crippen molar-refractivity contribution in [3.63, 3.8) is 0 Å². The molecular weight excluding hydrogens is 274 g/mol. The van der Waals surface area contributed by atoms with Crippen LogP contribution >= 0.6 is 11.6 Å². The Morgan fingerprint density at radius 1 is 1.50 bits per heavy atom. The van der Waals surface area contributed by atoms with Crippen molar-refractivity contribution in [2.45, 2.75) is 38.0 Å². The Hall–Kier alpha value is -0.590. The van der Waals surface area contributed by atoms with Gasteiger partial charge in [-0.3, -0.25) is 5.10 Å². The molecule has 0 bridgehead atoms. The third kappa shape index (κ3) is 3.05. The molecule has 18 heavy (non-hydrogen) atoms. The van der Waals surface area contributed by atoms with E-state index in [9.17, 15) is 8.42 Å². The normalized spacial score (nSPS) is 14.1. The van der Waals surface area contributed by atoms with Crippen LogP contribution in [0.15, 0.2) is 4.90 Å². The van der Waals surface area contributed by atoms with E-state index in [1.54, 1.807) is 14.0 Å². The van der Waals surface area contributed by atoms with E-state index in [0.29, 0.717) is 23.9 Å². The van der Waals surface area contributed by atoms with E-state index in [1.165, 1.54) is 4.31 Å². The molecule has 1 aromatic heterocycles. The van der Waals surface area contributed by atoms with Crippen molar-refractivity contribution in [1.29, 1.82) is 0 Å². The summed E-state index contributed by atoms with van der Waals surface area (Å²) >= 11 is 5.72. The van der Waals surface area contributed by atoms with Gasteiger partial charge in [0.05, 0.1) is 17.3 Å². The van der Waals surface area contributed by atoms with Crippen LogP contribution in [0.2, 0.25) is 0 Å². The zero-order chi connectivity index (χ0) is 13.9. The summed E-state index contributed by atoms with van der Waals surface area (Å²) in [7, 11) is -1.93. The predicted molar refractivity (Wildman–Crippen MR) is 72.2 cm³/mol. The Kier molecular flexibility index (Phi) is 5.19. The molecule has 1 N–H and O–H groups in total. The minimum Gasteiger partial charge on any atom is -0.281 e. The monoisotopic (exact) mass is 293 g/mol. The maximum atomic E-state index is 12.5. The molecule has 1 rings (SSSR count). The second-order valence-corrected chi connectivity index (χ2v) is 6.81. The molecule has 0 aliphatic rings. The Labute approximate surface area is 114 Å². The second kappa shape index (κ2) is 6.04. The van der Waals surface area contributed by atoms with Crippen molar-refractivity contribution in [2.75, 3.05) is 13.6 Å². The van der Waals surface area contributed by atoms with Gasteiger partial charge in [-0.2, -0.15) is 5.10 Å². The van der Waals surface area contributed by atoms with Gasteiger partial charge in [0.15, 0.2) is 0 Å². The smallest absolute Gasteiger partial charge is 0.246 e. The number of sulfonamides is 1. The van der Waals surface area contributed by atoms with Crippen LogP contribution in [-0.4, -0.2) is 36.5 Å². The molecule has 7 heteroatoms. The molecule has 0 amide bonds. The van der Waals surface area contributed by atoms with Gasteiger partial charge < -0.3 is 0 Å². The second-order valence-electron chi connectivity index (χ2n) is 4.56. The quantitative estimate of drug-likeness (QED) is 0.817. The predicted octanol–water partition coefficient (Wildman–Crippen LogP) is 2.12. The molecular formula is C11H20ClN3O2S. The number of nitrogens with one attached hydrogen (secondary N) is 1. The number of nitrogens with zero attached hydrogens (tertiary/aromatic N) is 2. The lowest BCUT2D eigenvalue weighted by Crippen LogP contribution is -2.31. The molecule has 1 atom stereocenters. The first kappa shape index (κ1) is 15.5. The van der Waals surface area contributed by atoms with Gasteiger partial charge in [0.25, 0.3) is 0 Å². The topological polar surface area (TPSA) is 66.1 Å². The number of aryl methyl sites for hydroxylation is 1. The van der Waals surface area contributed by atoms with Gasteiger partial charge in [0.2, 0.25) is 10.0 Å². The fourth-order valence-electron chi connectivity index (χ4n) is 1.72. The summed E-state index contributed by atoms with van der Waals surface area (Å²) in [6.07, 6.45) is 0.937. The van der Waals surface area contributed by atoms with Crippen LogP contribution in [-0.2, 0) is 15.9 Å². The fraction of sp³-hybridized carbons (Fsp3) is 0.727. The zero-order valence-corrected chi connectivity index (χ0v) is 12.8. The maximum Gasteiger partial charge on any atom is 0.246 e. The van der Waals surface area contributed by atoms with Crippen LogP contribution in [0.25, 0.3) is 0 Å². The number of alkyl halides is 1. The highest BCUT2D eigenvalue weighted by Gasteiger charge is 2.28. The van der Waals surface area contributed by atoms with Gasteiger partial charge in [0.1, 0.15) is 4.90 Å². The van der Waals surface area contributed by atoms with E-state index in [0.717, 1.165) is 6.42 Å². The van der Waals surface area contributed by atoms with Gasteiger partial charge in [0, 0.05) is 13.6 Å². The standard InChI is InChI=1S/C11H20ClN3O2S/c1-5-8(2)7-15(4)18(16,17)11-9(3)13-14-10(11)6-12/h8H,5-7H2,1-4H3,(H,13,14). The zero-order valence-electron chi connectivity index (χ0n) is 11.2. The lowest BCUT2D eigenvalue weighted by Gasteiger charge is -2.20. The lowest BCUT2D eigenvalue weighted by molar-refractivity contribution is 0.393. The van der Waals surface area contributed by atoms with Crippen molar-refractivity contribution in [3.05, 3.63) is 11.4 Å². The van der Waals surface area contributed by atoms with Crippen molar-refractivity contribution in [1.82, 2.24) is 14.5 Å². The van der Waals surface area contributed by atoms with Crippen LogP contribution in [0.3, 0.4) is 0 Å². The van der Waals surface area contributed by atoms with E-state index in [-0.39, 0.29) is 10.8 Å². The first-order valence-corrected chi connectivity index (χ1v) is 7.88. The summed E-state index contributed by atoms with van der Waals surface area (Å²) in [4.78, 5) is 0.211. The summed E-state index contributed by atoms with van der Waals surface area (Å²) < 4.78 is 26.3. The maximum absolute atomic E-state index is 12.5. The van der Waals surface area contributed by atoms with Crippen LogP contribution in [0.1, 0.15) is 31.7 Å². The number of rotatable bonds is 6. The molecule has 0 aromatic carbocycles. The number of aromatic amines is 1. The summed E-state index contributed by atoms with van der Waals surface area (Å²) in [6, 6.07) is 0. The lowest BCUT2D eigenvalue weighted by atomic mass is 10.1. The van der Waals surface area contributed by atoms with Gasteiger partial charge in [-0.15, -0.1) is 11.6 Å². The molecule has 0 aliphatic carbocycles. The van der Waals surface area contributed by atoms with Gasteiger partial charge in [-0.1, -0.05) is 20.3 Å². The van der Waals surface area contributed by atoms with Crippen LogP contribution in [0, 0.1) is 12.8 Å². The van der Waals surface area contributed by atoms with Gasteiger partial charge in [-0.25, -0.2) is 12.7 Å². The number of halogens is 1. The van der Waals surface area contributed by atoms with Crippen molar-refractivity contribution in [3.8, 4) is 0 Å². The molecule has 0 aliphatic heterocycles. The highest BCUT2D eigenvalue weighted by atomic mass is 35.5. The van der Waals surface area contributed by atoms with E-state index in [2.05, 4.69) is 10.2 Å². The molecule has 1 aromatic rings. The number of hydrogen-bond acceptors (Lipinski definition) is 3. The Morgan fingerprint density at radius 3 is 2.61 bits per heavy atom. The van der Waals surface area contributed by atoms with Crippen molar-refractivity contribution >= 4 is 21.6 Å². The minimum absolute atomic E-state index is 0.0794. The number of hydrogen-bond donors (Lipinski definition) is 1. The molecule has 1 heterocycles. The van der Waals surface area contributed by atoms with E-state index < -0.39 is 10.0 Å². The van der Waals surface area contributed by atoms with Crippen molar-refractivity contribution in [2.24, 2.45) is 5.92 Å². The molecule has 0 saturated heterocycles. The minimum atomic E-state index is -3.52. The van der Waals surface area contributed by atoms with E-state index >= 15 is 0 Å². The highest BCUT2D eigenvalue weighted by Crippen LogP contribution is 2.23. The summed E-state index contributed by atoms with van der Waals surface area (Å²) in [5.74, 6) is 0.396. The van der Waals surface area contributed by atoms with E-state index in [4.69, 9.17) is 11.6 Å². The molecule has 0 saturated carbocycles. The first-order chi connectivity index (χ1) is 8.34. The summed E-state index contributed by atoms with van der Waals surface area (Å²) in [6.45, 7) is 6.24. The summed E-state index contributed by atoms with van der Waals surface area (Å²) in [5, 5.41) is 6.60. The van der Waals surface area contributed by atoms with Crippen LogP contribution < -0.4 is 0 Å².